The van der Waals surface area contributed by atoms with Gasteiger partial charge in [-0.1, -0.05) is 41.9 Å². The van der Waals surface area contributed by atoms with Gasteiger partial charge in [0, 0.05) is 16.7 Å². The maximum absolute atomic E-state index is 13.2. The average molecular weight is 464 g/mol. The summed E-state index contributed by atoms with van der Waals surface area (Å²) in [5.41, 5.74) is 2.46. The van der Waals surface area contributed by atoms with Crippen LogP contribution in [0, 0.1) is 0 Å². The quantitative estimate of drug-likeness (QED) is 0.484. The van der Waals surface area contributed by atoms with Crippen LogP contribution in [0.3, 0.4) is 0 Å². The average Bonchev–Trinajstić information content (AvgIpc) is 3.13. The lowest BCUT2D eigenvalue weighted by atomic mass is 10.0. The van der Waals surface area contributed by atoms with Crippen molar-refractivity contribution in [2.24, 2.45) is 0 Å². The van der Waals surface area contributed by atoms with Gasteiger partial charge in [0.05, 0.1) is 12.1 Å². The maximum Gasteiger partial charge on any atom is 0.337 e. The number of aromatic carboxylic acids is 1. The summed E-state index contributed by atoms with van der Waals surface area (Å²) in [6.07, 6.45) is 2.41. The van der Waals surface area contributed by atoms with Crippen molar-refractivity contribution in [3.63, 3.8) is 0 Å². The minimum Gasteiger partial charge on any atom is -0.487 e. The number of hydrogen-bond donors (Lipinski definition) is 2. The first kappa shape index (κ1) is 22.1. The number of carboxylic acid groups (broad SMARTS) is 2. The third-order valence-corrected chi connectivity index (χ3v) is 5.47. The second-order valence-electron chi connectivity index (χ2n) is 7.31. The smallest absolute Gasteiger partial charge is 0.337 e. The molecular weight excluding hydrogens is 446 g/mol. The van der Waals surface area contributed by atoms with Crippen LogP contribution >= 0.6 is 11.6 Å². The number of nitrogens with zero attached hydrogens (tertiary/aromatic N) is 1. The van der Waals surface area contributed by atoms with Gasteiger partial charge in [-0.05, 0) is 53.1 Å². The molecule has 0 fully saturated rings. The van der Waals surface area contributed by atoms with Gasteiger partial charge >= 0.3 is 11.9 Å². The zero-order chi connectivity index (χ0) is 23.5. The topological polar surface area (TPSA) is 104 Å². The minimum absolute atomic E-state index is 0.0765. The van der Waals surface area contributed by atoms with Crippen molar-refractivity contribution < 1.29 is 29.3 Å². The van der Waals surface area contributed by atoms with Crippen molar-refractivity contribution in [2.75, 3.05) is 4.90 Å². The van der Waals surface area contributed by atoms with E-state index >= 15 is 0 Å². The number of carbonyl (C=O) groups is 3. The number of carbonyl (C=O) groups excluding carboxylic acids is 1. The maximum atomic E-state index is 13.2. The van der Waals surface area contributed by atoms with Crippen molar-refractivity contribution in [1.29, 1.82) is 0 Å². The van der Waals surface area contributed by atoms with Crippen LogP contribution in [0.4, 0.5) is 5.69 Å². The van der Waals surface area contributed by atoms with Crippen LogP contribution < -0.4 is 9.64 Å². The Bertz CT molecular complexity index is 1280. The highest BCUT2D eigenvalue weighted by Crippen LogP contribution is 2.39. The zero-order valence-electron chi connectivity index (χ0n) is 17.2. The van der Waals surface area contributed by atoms with Crippen LogP contribution in [-0.2, 0) is 17.9 Å². The summed E-state index contributed by atoms with van der Waals surface area (Å²) >= 11 is 5.92. The van der Waals surface area contributed by atoms with Gasteiger partial charge in [-0.25, -0.2) is 9.59 Å². The van der Waals surface area contributed by atoms with Gasteiger partial charge in [-0.15, -0.1) is 0 Å². The lowest BCUT2D eigenvalue weighted by molar-refractivity contribution is -0.131. The Hall–Kier alpha value is -4.10. The molecule has 1 heterocycles. The molecule has 33 heavy (non-hydrogen) atoms. The lowest BCUT2D eigenvalue weighted by Gasteiger charge is -2.22. The molecule has 2 N–H and O–H groups in total. The Kier molecular flexibility index (Phi) is 6.15. The molecule has 0 radical (unpaired) electrons. The molecule has 0 saturated carbocycles. The van der Waals surface area contributed by atoms with Crippen LogP contribution in [-0.4, -0.2) is 28.1 Å². The van der Waals surface area contributed by atoms with Gasteiger partial charge < -0.3 is 14.9 Å². The summed E-state index contributed by atoms with van der Waals surface area (Å²) in [4.78, 5) is 37.5. The van der Waals surface area contributed by atoms with E-state index in [1.54, 1.807) is 54.6 Å². The number of anilines is 1. The van der Waals surface area contributed by atoms with Crippen molar-refractivity contribution in [3.8, 4) is 5.75 Å². The van der Waals surface area contributed by atoms with Gasteiger partial charge in [0.1, 0.15) is 18.0 Å². The molecule has 1 aliphatic rings. The molecule has 7 nitrogen and oxygen atoms in total. The summed E-state index contributed by atoms with van der Waals surface area (Å²) < 4.78 is 5.93. The van der Waals surface area contributed by atoms with Crippen molar-refractivity contribution >= 4 is 41.2 Å². The van der Waals surface area contributed by atoms with E-state index in [0.717, 1.165) is 11.6 Å². The Labute approximate surface area is 194 Å². The fourth-order valence-electron chi connectivity index (χ4n) is 3.69. The highest BCUT2D eigenvalue weighted by molar-refractivity contribution is 6.30. The normalized spacial score (nSPS) is 12.8. The van der Waals surface area contributed by atoms with Crippen LogP contribution in [0.1, 0.15) is 37.4 Å². The third kappa shape index (κ3) is 4.58. The molecule has 0 atom stereocenters. The van der Waals surface area contributed by atoms with Gasteiger partial charge in [0.2, 0.25) is 0 Å². The Morgan fingerprint density at radius 3 is 2.45 bits per heavy atom. The SMILES string of the molecule is O=C(O)/C=C/c1cccc2c1CN(c1c(OCc3ccc(Cl)cc3)cccc1C(=O)O)C2=O. The van der Waals surface area contributed by atoms with Crippen LogP contribution in [0.5, 0.6) is 5.75 Å². The fraction of sp³-hybridized carbons (Fsp3) is 0.0800. The van der Waals surface area contributed by atoms with Gasteiger partial charge in [0.15, 0.2) is 0 Å². The van der Waals surface area contributed by atoms with Crippen molar-refractivity contribution in [3.05, 3.63) is 99.6 Å². The number of rotatable bonds is 7. The van der Waals surface area contributed by atoms with E-state index < -0.39 is 11.9 Å². The number of aliphatic carboxylic acids is 1. The van der Waals surface area contributed by atoms with E-state index in [9.17, 15) is 19.5 Å². The lowest BCUT2D eigenvalue weighted by Crippen LogP contribution is -2.26. The molecule has 0 aromatic heterocycles. The number of halogens is 1. The Morgan fingerprint density at radius 1 is 1.03 bits per heavy atom. The molecule has 1 aliphatic heterocycles. The van der Waals surface area contributed by atoms with E-state index in [2.05, 4.69) is 0 Å². The number of fused-ring (bicyclic) bond motifs is 1. The summed E-state index contributed by atoms with van der Waals surface area (Å²) in [6.45, 7) is 0.227. The second kappa shape index (κ2) is 9.18. The molecule has 0 aliphatic carbocycles. The van der Waals surface area contributed by atoms with Crippen LogP contribution in [0.25, 0.3) is 6.08 Å². The molecule has 3 aromatic carbocycles. The molecule has 0 saturated heterocycles. The Balaban J connectivity index is 1.72. The van der Waals surface area contributed by atoms with Gasteiger partial charge in [0.25, 0.3) is 5.91 Å². The molecule has 8 heteroatoms. The monoisotopic (exact) mass is 463 g/mol. The molecule has 0 spiro atoms. The van der Waals surface area contributed by atoms with Crippen molar-refractivity contribution in [2.45, 2.75) is 13.2 Å². The van der Waals surface area contributed by atoms with Gasteiger partial charge in [-0.2, -0.15) is 0 Å². The largest absolute Gasteiger partial charge is 0.487 e. The summed E-state index contributed by atoms with van der Waals surface area (Å²) in [5.74, 6) is -2.45. The highest BCUT2D eigenvalue weighted by atomic mass is 35.5. The molecule has 4 rings (SSSR count). The molecule has 0 bridgehead atoms. The number of para-hydroxylation sites is 1. The van der Waals surface area contributed by atoms with E-state index in [4.69, 9.17) is 21.4 Å². The molecular formula is C25H18ClNO6. The van der Waals surface area contributed by atoms with E-state index in [-0.39, 0.29) is 36.1 Å². The first-order valence-electron chi connectivity index (χ1n) is 9.93. The Morgan fingerprint density at radius 2 is 1.76 bits per heavy atom. The number of carboxylic acids is 2. The third-order valence-electron chi connectivity index (χ3n) is 5.22. The molecule has 3 aromatic rings. The van der Waals surface area contributed by atoms with E-state index in [1.165, 1.54) is 17.0 Å². The minimum atomic E-state index is -1.20. The summed E-state index contributed by atoms with van der Waals surface area (Å²) in [6, 6.07) is 16.6. The first-order chi connectivity index (χ1) is 15.8. The summed E-state index contributed by atoms with van der Waals surface area (Å²) in [5, 5.41) is 19.3. The fourth-order valence-corrected chi connectivity index (χ4v) is 3.81. The molecule has 0 unspecified atom stereocenters. The van der Waals surface area contributed by atoms with Crippen LogP contribution in [0.2, 0.25) is 5.02 Å². The second-order valence-corrected chi connectivity index (χ2v) is 7.75. The number of benzene rings is 3. The highest BCUT2D eigenvalue weighted by Gasteiger charge is 2.34. The molecule has 1 amide bonds. The summed E-state index contributed by atoms with van der Waals surface area (Å²) in [7, 11) is 0. The number of ether oxygens (including phenoxy) is 1. The van der Waals surface area contributed by atoms with Crippen LogP contribution in [0.15, 0.2) is 66.7 Å². The predicted octanol–water partition coefficient (Wildman–Crippen LogP) is 4.88. The van der Waals surface area contributed by atoms with E-state index in [1.807, 2.05) is 0 Å². The zero-order valence-corrected chi connectivity index (χ0v) is 18.0. The predicted molar refractivity (Wildman–Crippen MR) is 123 cm³/mol. The molecule has 166 valence electrons. The number of hydrogen-bond acceptors (Lipinski definition) is 4. The van der Waals surface area contributed by atoms with Gasteiger partial charge in [-0.3, -0.25) is 9.69 Å². The van der Waals surface area contributed by atoms with Crippen molar-refractivity contribution in [1.82, 2.24) is 0 Å². The number of amides is 1. The first-order valence-corrected chi connectivity index (χ1v) is 10.3. The standard InChI is InChI=1S/C25H18ClNO6/c26-17-10-7-15(8-11-17)14-33-21-6-2-5-19(25(31)32)23(21)27-13-20-16(9-12-22(28)29)3-1-4-18(20)24(27)30/h1-12H,13-14H2,(H,28,29)(H,31,32)/b12-9+. The van der Waals surface area contributed by atoms with E-state index in [0.29, 0.717) is 21.7 Å².